The third-order valence-electron chi connectivity index (χ3n) is 2.82. The molecule has 0 atom stereocenters. The summed E-state index contributed by atoms with van der Waals surface area (Å²) in [6.07, 6.45) is 2.47. The van der Waals surface area contributed by atoms with E-state index in [1.807, 2.05) is 0 Å². The van der Waals surface area contributed by atoms with Gasteiger partial charge in [0.05, 0.1) is 24.1 Å². The Morgan fingerprint density at radius 3 is 2.81 bits per heavy atom. The standard InChI is InChI=1S/C14H9N3O4/c18-11-5-12(17-7-16-11)21-10-6-15-9-4-2-1-3-8(9)13(10)14(19)20/h1-7H,(H,19,20)(H,16,17,18). The molecule has 7 nitrogen and oxygen atoms in total. The Morgan fingerprint density at radius 1 is 1.24 bits per heavy atom. The molecule has 0 saturated heterocycles. The highest BCUT2D eigenvalue weighted by Gasteiger charge is 2.17. The van der Waals surface area contributed by atoms with Gasteiger partial charge in [0.25, 0.3) is 5.56 Å². The van der Waals surface area contributed by atoms with Crippen molar-refractivity contribution in [1.29, 1.82) is 0 Å². The van der Waals surface area contributed by atoms with Crippen LogP contribution < -0.4 is 10.3 Å². The van der Waals surface area contributed by atoms with Gasteiger partial charge < -0.3 is 14.8 Å². The topological polar surface area (TPSA) is 105 Å². The van der Waals surface area contributed by atoms with Gasteiger partial charge in [-0.2, -0.15) is 0 Å². The van der Waals surface area contributed by atoms with Crippen molar-refractivity contribution in [3.8, 4) is 11.6 Å². The fourth-order valence-corrected chi connectivity index (χ4v) is 1.94. The lowest BCUT2D eigenvalue weighted by Crippen LogP contribution is -2.07. The van der Waals surface area contributed by atoms with Gasteiger partial charge in [-0.3, -0.25) is 9.78 Å². The molecule has 7 heteroatoms. The predicted octanol–water partition coefficient (Wildman–Crippen LogP) is 1.81. The number of rotatable bonds is 3. The van der Waals surface area contributed by atoms with Crippen molar-refractivity contribution in [2.45, 2.75) is 0 Å². The molecule has 2 heterocycles. The summed E-state index contributed by atoms with van der Waals surface area (Å²) in [7, 11) is 0. The lowest BCUT2D eigenvalue weighted by atomic mass is 10.1. The van der Waals surface area contributed by atoms with E-state index in [0.29, 0.717) is 10.9 Å². The number of carboxylic acids is 1. The maximum Gasteiger partial charge on any atom is 0.340 e. The summed E-state index contributed by atoms with van der Waals surface area (Å²) < 4.78 is 5.39. The Labute approximate surface area is 117 Å². The van der Waals surface area contributed by atoms with Gasteiger partial charge in [0.1, 0.15) is 5.56 Å². The smallest absolute Gasteiger partial charge is 0.340 e. The number of hydrogen-bond acceptors (Lipinski definition) is 5. The molecule has 0 aliphatic rings. The molecule has 21 heavy (non-hydrogen) atoms. The predicted molar refractivity (Wildman–Crippen MR) is 73.6 cm³/mol. The number of H-pyrrole nitrogens is 1. The summed E-state index contributed by atoms with van der Waals surface area (Å²) in [5.74, 6) is -1.12. The molecule has 0 radical (unpaired) electrons. The van der Waals surface area contributed by atoms with Crippen LogP contribution in [0.2, 0.25) is 0 Å². The van der Waals surface area contributed by atoms with Crippen LogP contribution in [0.25, 0.3) is 10.9 Å². The molecular formula is C14H9N3O4. The minimum absolute atomic E-state index is 0.00155. The first kappa shape index (κ1) is 12.8. The maximum atomic E-state index is 11.5. The third-order valence-corrected chi connectivity index (χ3v) is 2.82. The molecule has 0 unspecified atom stereocenters. The van der Waals surface area contributed by atoms with E-state index in [1.54, 1.807) is 24.3 Å². The number of nitrogens with zero attached hydrogens (tertiary/aromatic N) is 2. The largest absolute Gasteiger partial charge is 0.478 e. The molecule has 0 spiro atoms. The second-order valence-electron chi connectivity index (χ2n) is 4.17. The second-order valence-corrected chi connectivity index (χ2v) is 4.17. The van der Waals surface area contributed by atoms with Crippen LogP contribution in [-0.4, -0.2) is 26.0 Å². The molecule has 104 valence electrons. The highest BCUT2D eigenvalue weighted by Crippen LogP contribution is 2.28. The Balaban J connectivity index is 2.16. The summed E-state index contributed by atoms with van der Waals surface area (Å²) in [5, 5.41) is 9.85. The summed E-state index contributed by atoms with van der Waals surface area (Å²) in [6, 6.07) is 7.95. The zero-order valence-electron chi connectivity index (χ0n) is 10.6. The van der Waals surface area contributed by atoms with E-state index < -0.39 is 11.5 Å². The van der Waals surface area contributed by atoms with Gasteiger partial charge in [-0.25, -0.2) is 9.78 Å². The first-order valence-electron chi connectivity index (χ1n) is 5.99. The van der Waals surface area contributed by atoms with Crippen molar-refractivity contribution in [2.75, 3.05) is 0 Å². The highest BCUT2D eigenvalue weighted by molar-refractivity contribution is 6.04. The number of carboxylic acid groups (broad SMARTS) is 1. The van der Waals surface area contributed by atoms with Crippen LogP contribution in [0.4, 0.5) is 0 Å². The van der Waals surface area contributed by atoms with Crippen LogP contribution in [0.3, 0.4) is 0 Å². The van der Waals surface area contributed by atoms with Crippen molar-refractivity contribution in [3.05, 3.63) is 58.8 Å². The average Bonchev–Trinajstić information content (AvgIpc) is 2.46. The number of aromatic amines is 1. The molecule has 0 bridgehead atoms. The summed E-state index contributed by atoms with van der Waals surface area (Å²) in [5.41, 5.74) is 0.120. The van der Waals surface area contributed by atoms with Crippen LogP contribution in [0, 0.1) is 0 Å². The normalized spacial score (nSPS) is 10.5. The number of benzene rings is 1. The first-order chi connectivity index (χ1) is 10.1. The van der Waals surface area contributed by atoms with E-state index in [-0.39, 0.29) is 17.2 Å². The molecule has 2 aromatic heterocycles. The number of pyridine rings is 1. The molecule has 0 fully saturated rings. The zero-order valence-corrected chi connectivity index (χ0v) is 10.6. The van der Waals surface area contributed by atoms with Crippen LogP contribution in [0.5, 0.6) is 11.6 Å². The van der Waals surface area contributed by atoms with Gasteiger partial charge in [-0.1, -0.05) is 18.2 Å². The molecule has 1 aromatic carbocycles. The van der Waals surface area contributed by atoms with Crippen molar-refractivity contribution < 1.29 is 14.6 Å². The molecule has 3 rings (SSSR count). The highest BCUT2D eigenvalue weighted by atomic mass is 16.5. The van der Waals surface area contributed by atoms with Gasteiger partial charge in [0.15, 0.2) is 5.75 Å². The van der Waals surface area contributed by atoms with Gasteiger partial charge in [-0.05, 0) is 6.07 Å². The molecular weight excluding hydrogens is 274 g/mol. The van der Waals surface area contributed by atoms with Crippen molar-refractivity contribution in [2.24, 2.45) is 0 Å². The third kappa shape index (κ3) is 2.44. The van der Waals surface area contributed by atoms with Crippen LogP contribution in [0.1, 0.15) is 10.4 Å². The Morgan fingerprint density at radius 2 is 2.05 bits per heavy atom. The summed E-state index contributed by atoms with van der Waals surface area (Å²) in [6.45, 7) is 0. The van der Waals surface area contributed by atoms with Crippen molar-refractivity contribution >= 4 is 16.9 Å². The fraction of sp³-hybridized carbons (Fsp3) is 0. The zero-order chi connectivity index (χ0) is 14.8. The van der Waals surface area contributed by atoms with Gasteiger partial charge in [0, 0.05) is 5.39 Å². The number of ether oxygens (including phenoxy) is 1. The second kappa shape index (κ2) is 5.04. The minimum Gasteiger partial charge on any atom is -0.478 e. The summed E-state index contributed by atoms with van der Waals surface area (Å²) >= 11 is 0. The number of nitrogens with one attached hydrogen (secondary N) is 1. The van der Waals surface area contributed by atoms with E-state index in [4.69, 9.17) is 4.74 Å². The number of aromatic carboxylic acids is 1. The van der Waals surface area contributed by atoms with Gasteiger partial charge in [-0.15, -0.1) is 0 Å². The molecule has 3 aromatic rings. The van der Waals surface area contributed by atoms with E-state index in [2.05, 4.69) is 15.0 Å². The van der Waals surface area contributed by atoms with Gasteiger partial charge in [0.2, 0.25) is 5.88 Å². The van der Waals surface area contributed by atoms with E-state index in [1.165, 1.54) is 12.5 Å². The molecule has 0 aliphatic heterocycles. The first-order valence-corrected chi connectivity index (χ1v) is 5.99. The SMILES string of the molecule is O=C(O)c1c(Oc2cc(=O)[nH]cn2)cnc2ccccc12. The summed E-state index contributed by atoms with van der Waals surface area (Å²) in [4.78, 5) is 33.0. The Bertz CT molecular complexity index is 889. The minimum atomic E-state index is -1.14. The molecule has 0 saturated carbocycles. The monoisotopic (exact) mass is 283 g/mol. The van der Waals surface area contributed by atoms with Crippen LogP contribution in [0.15, 0.2) is 47.7 Å². The van der Waals surface area contributed by atoms with E-state index >= 15 is 0 Å². The number of hydrogen-bond donors (Lipinski definition) is 2. The number of para-hydroxylation sites is 1. The van der Waals surface area contributed by atoms with E-state index in [0.717, 1.165) is 6.07 Å². The van der Waals surface area contributed by atoms with Crippen LogP contribution in [-0.2, 0) is 0 Å². The lowest BCUT2D eigenvalue weighted by molar-refractivity contribution is 0.0696. The van der Waals surface area contributed by atoms with Crippen molar-refractivity contribution in [1.82, 2.24) is 15.0 Å². The average molecular weight is 283 g/mol. The molecule has 0 aliphatic carbocycles. The number of aromatic nitrogens is 3. The lowest BCUT2D eigenvalue weighted by Gasteiger charge is -2.09. The van der Waals surface area contributed by atoms with Crippen molar-refractivity contribution in [3.63, 3.8) is 0 Å². The number of carbonyl (C=O) groups is 1. The Kier molecular flexibility index (Phi) is 3.07. The molecule has 2 N–H and O–H groups in total. The maximum absolute atomic E-state index is 11.5. The molecule has 0 amide bonds. The number of fused-ring (bicyclic) bond motifs is 1. The quantitative estimate of drug-likeness (QED) is 0.759. The van der Waals surface area contributed by atoms with Gasteiger partial charge >= 0.3 is 5.97 Å². The van der Waals surface area contributed by atoms with E-state index in [9.17, 15) is 14.7 Å². The fourth-order valence-electron chi connectivity index (χ4n) is 1.94. The Hall–Kier alpha value is -3.22. The van der Waals surface area contributed by atoms with Crippen LogP contribution >= 0.6 is 0 Å².